The van der Waals surface area contributed by atoms with E-state index in [1.54, 1.807) is 18.8 Å². The zero-order valence-electron chi connectivity index (χ0n) is 14.4. The van der Waals surface area contributed by atoms with E-state index in [2.05, 4.69) is 4.90 Å². The number of hydrogen-bond donors (Lipinski definition) is 1. The maximum atomic E-state index is 10.8. The van der Waals surface area contributed by atoms with Crippen molar-refractivity contribution in [3.05, 3.63) is 66.2 Å². The van der Waals surface area contributed by atoms with Gasteiger partial charge >= 0.3 is 5.97 Å². The van der Waals surface area contributed by atoms with Gasteiger partial charge in [0.05, 0.1) is 25.2 Å². The van der Waals surface area contributed by atoms with Crippen LogP contribution in [0.15, 0.2) is 62.4 Å². The number of carboxylic acids is 1. The standard InChI is InChI=1S/C20H21NO5/c22-19(23)8-6-16-5-7-18(26-16)21-11-2-1-10-20(21,15-9-13-24-14-15)17-4-3-12-25-17/h3-5,7,9,12-14H,1-2,6,8,10-11H2,(H,22,23). The molecule has 0 aliphatic carbocycles. The van der Waals surface area contributed by atoms with Gasteiger partial charge in [0.1, 0.15) is 17.1 Å². The van der Waals surface area contributed by atoms with Crippen LogP contribution in [0.25, 0.3) is 0 Å². The highest BCUT2D eigenvalue weighted by Gasteiger charge is 2.46. The summed E-state index contributed by atoms with van der Waals surface area (Å²) >= 11 is 0. The van der Waals surface area contributed by atoms with Gasteiger partial charge in [-0.1, -0.05) is 0 Å². The van der Waals surface area contributed by atoms with Crippen LogP contribution in [-0.2, 0) is 16.8 Å². The summed E-state index contributed by atoms with van der Waals surface area (Å²) in [6.07, 6.45) is 8.54. The van der Waals surface area contributed by atoms with Gasteiger partial charge < -0.3 is 23.3 Å². The van der Waals surface area contributed by atoms with E-state index >= 15 is 0 Å². The van der Waals surface area contributed by atoms with Crippen molar-refractivity contribution < 1.29 is 23.2 Å². The van der Waals surface area contributed by atoms with E-state index in [-0.39, 0.29) is 6.42 Å². The number of anilines is 1. The number of aliphatic carboxylic acids is 1. The van der Waals surface area contributed by atoms with Crippen molar-refractivity contribution in [2.75, 3.05) is 11.4 Å². The van der Waals surface area contributed by atoms with Gasteiger partial charge in [0, 0.05) is 24.6 Å². The lowest BCUT2D eigenvalue weighted by Crippen LogP contribution is -2.50. The van der Waals surface area contributed by atoms with Crippen molar-refractivity contribution in [2.24, 2.45) is 0 Å². The minimum absolute atomic E-state index is 0.0536. The van der Waals surface area contributed by atoms with Crippen molar-refractivity contribution in [1.29, 1.82) is 0 Å². The largest absolute Gasteiger partial charge is 0.481 e. The van der Waals surface area contributed by atoms with Crippen LogP contribution in [0.1, 0.15) is 42.8 Å². The van der Waals surface area contributed by atoms with Gasteiger partial charge in [0.15, 0.2) is 5.88 Å². The normalized spacial score (nSPS) is 20.4. The third-order valence-electron chi connectivity index (χ3n) is 5.06. The van der Waals surface area contributed by atoms with Crippen LogP contribution in [0, 0.1) is 0 Å². The van der Waals surface area contributed by atoms with Gasteiger partial charge in [-0.05, 0) is 43.5 Å². The Bertz CT molecular complexity index is 813. The van der Waals surface area contributed by atoms with Crippen LogP contribution in [0.2, 0.25) is 0 Å². The number of carboxylic acid groups (broad SMARTS) is 1. The van der Waals surface area contributed by atoms with Crippen molar-refractivity contribution in [2.45, 2.75) is 37.6 Å². The number of carbonyl (C=O) groups is 1. The smallest absolute Gasteiger partial charge is 0.303 e. The summed E-state index contributed by atoms with van der Waals surface area (Å²) in [5, 5.41) is 8.89. The maximum Gasteiger partial charge on any atom is 0.303 e. The molecule has 26 heavy (non-hydrogen) atoms. The summed E-state index contributed by atoms with van der Waals surface area (Å²) < 4.78 is 17.2. The molecule has 0 aromatic carbocycles. The summed E-state index contributed by atoms with van der Waals surface area (Å²) in [5.74, 6) is 1.42. The molecule has 0 saturated carbocycles. The monoisotopic (exact) mass is 355 g/mol. The molecule has 4 rings (SSSR count). The molecule has 6 nitrogen and oxygen atoms in total. The molecule has 0 spiro atoms. The first-order valence-corrected chi connectivity index (χ1v) is 8.85. The zero-order valence-corrected chi connectivity index (χ0v) is 14.4. The van der Waals surface area contributed by atoms with Crippen LogP contribution in [0.3, 0.4) is 0 Å². The zero-order chi connectivity index (χ0) is 18.0. The first-order chi connectivity index (χ1) is 12.7. The van der Waals surface area contributed by atoms with Crippen molar-refractivity contribution >= 4 is 11.9 Å². The highest BCUT2D eigenvalue weighted by molar-refractivity contribution is 5.67. The van der Waals surface area contributed by atoms with E-state index in [0.29, 0.717) is 12.2 Å². The van der Waals surface area contributed by atoms with E-state index in [4.69, 9.17) is 18.4 Å². The van der Waals surface area contributed by atoms with Crippen molar-refractivity contribution in [3.8, 4) is 0 Å². The summed E-state index contributed by atoms with van der Waals surface area (Å²) in [5.41, 5.74) is 0.534. The molecule has 1 aliphatic heterocycles. The first kappa shape index (κ1) is 16.6. The van der Waals surface area contributed by atoms with E-state index < -0.39 is 11.5 Å². The minimum atomic E-state index is -0.829. The Balaban J connectivity index is 1.74. The summed E-state index contributed by atoms with van der Waals surface area (Å²) in [6, 6.07) is 9.62. The Labute approximate surface area is 151 Å². The molecule has 4 heterocycles. The molecule has 3 aromatic rings. The molecule has 1 fully saturated rings. The fraction of sp³-hybridized carbons (Fsp3) is 0.350. The van der Waals surface area contributed by atoms with Crippen molar-refractivity contribution in [3.63, 3.8) is 0 Å². The highest BCUT2D eigenvalue weighted by Crippen LogP contribution is 2.46. The molecule has 0 bridgehead atoms. The van der Waals surface area contributed by atoms with Crippen LogP contribution in [0.5, 0.6) is 0 Å². The highest BCUT2D eigenvalue weighted by atomic mass is 16.4. The predicted molar refractivity (Wildman–Crippen MR) is 94.1 cm³/mol. The van der Waals surface area contributed by atoms with Crippen LogP contribution in [-0.4, -0.2) is 17.6 Å². The first-order valence-electron chi connectivity index (χ1n) is 8.85. The third-order valence-corrected chi connectivity index (χ3v) is 5.06. The topological polar surface area (TPSA) is 80.0 Å². The van der Waals surface area contributed by atoms with Gasteiger partial charge in [-0.3, -0.25) is 4.79 Å². The molecular formula is C20H21NO5. The summed E-state index contributed by atoms with van der Waals surface area (Å²) in [4.78, 5) is 13.0. The third kappa shape index (κ3) is 2.81. The Morgan fingerprint density at radius 3 is 2.85 bits per heavy atom. The lowest BCUT2D eigenvalue weighted by Gasteiger charge is -2.45. The summed E-state index contributed by atoms with van der Waals surface area (Å²) in [7, 11) is 0. The minimum Gasteiger partial charge on any atom is -0.481 e. The van der Waals surface area contributed by atoms with Crippen LogP contribution >= 0.6 is 0 Å². The van der Waals surface area contributed by atoms with E-state index in [1.807, 2.05) is 30.3 Å². The molecule has 1 saturated heterocycles. The number of aryl methyl sites for hydroxylation is 1. The number of piperidine rings is 1. The molecule has 136 valence electrons. The molecule has 1 N–H and O–H groups in total. The molecule has 1 atom stereocenters. The second kappa shape index (κ2) is 6.78. The fourth-order valence-corrected chi connectivity index (χ4v) is 3.86. The Morgan fingerprint density at radius 1 is 1.19 bits per heavy atom. The van der Waals surface area contributed by atoms with Gasteiger partial charge in [0.2, 0.25) is 0 Å². The number of nitrogens with zero attached hydrogens (tertiary/aromatic N) is 1. The second-order valence-electron chi connectivity index (χ2n) is 6.59. The fourth-order valence-electron chi connectivity index (χ4n) is 3.86. The molecular weight excluding hydrogens is 334 g/mol. The molecule has 1 unspecified atom stereocenters. The van der Waals surface area contributed by atoms with Gasteiger partial charge in [-0.2, -0.15) is 0 Å². The average Bonchev–Trinajstić information content (AvgIpc) is 3.42. The SMILES string of the molecule is O=C(O)CCc1ccc(N2CCCCC2(c2ccoc2)c2ccco2)o1. The van der Waals surface area contributed by atoms with E-state index in [1.165, 1.54) is 0 Å². The Hall–Kier alpha value is -2.89. The van der Waals surface area contributed by atoms with Gasteiger partial charge in [0.25, 0.3) is 0 Å². The van der Waals surface area contributed by atoms with Gasteiger partial charge in [-0.25, -0.2) is 0 Å². The lowest BCUT2D eigenvalue weighted by atomic mass is 9.79. The maximum absolute atomic E-state index is 10.8. The Morgan fingerprint density at radius 2 is 2.12 bits per heavy atom. The number of hydrogen-bond acceptors (Lipinski definition) is 5. The molecule has 1 aliphatic rings. The lowest BCUT2D eigenvalue weighted by molar-refractivity contribution is -0.137. The van der Waals surface area contributed by atoms with E-state index in [0.717, 1.165) is 43.0 Å². The van der Waals surface area contributed by atoms with E-state index in [9.17, 15) is 4.79 Å². The van der Waals surface area contributed by atoms with Crippen LogP contribution in [0.4, 0.5) is 5.88 Å². The predicted octanol–water partition coefficient (Wildman–Crippen LogP) is 4.42. The van der Waals surface area contributed by atoms with Crippen molar-refractivity contribution in [1.82, 2.24) is 0 Å². The number of furan rings is 3. The Kier molecular flexibility index (Phi) is 4.32. The quantitative estimate of drug-likeness (QED) is 0.705. The molecule has 3 aromatic heterocycles. The average molecular weight is 355 g/mol. The molecule has 6 heteroatoms. The summed E-state index contributed by atoms with van der Waals surface area (Å²) in [6.45, 7) is 0.817. The molecule has 0 radical (unpaired) electrons. The second-order valence-corrected chi connectivity index (χ2v) is 6.59. The van der Waals surface area contributed by atoms with Crippen LogP contribution < -0.4 is 4.90 Å². The number of rotatable bonds is 6. The van der Waals surface area contributed by atoms with Gasteiger partial charge in [-0.15, -0.1) is 0 Å². The molecule has 0 amide bonds.